The molecule has 0 aliphatic carbocycles. The molecular weight excluding hydrogens is 709 g/mol. The Morgan fingerprint density at radius 1 is 0.333 bits per heavy atom. The molecule has 0 heterocycles. The first-order chi connectivity index (χ1) is 27.9. The Morgan fingerprint density at radius 3 is 0.860 bits per heavy atom. The Bertz CT molecular complexity index is 857. The molecule has 57 heavy (non-hydrogen) atoms. The third-order valence-electron chi connectivity index (χ3n) is 11.5. The minimum atomic E-state index is -0.760. The Kier molecular flexibility index (Phi) is 44.2. The summed E-state index contributed by atoms with van der Waals surface area (Å²) in [6.07, 6.45) is 46.7. The van der Waals surface area contributed by atoms with Gasteiger partial charge >= 0.3 is 17.9 Å². The van der Waals surface area contributed by atoms with Gasteiger partial charge in [0.25, 0.3) is 0 Å². The van der Waals surface area contributed by atoms with Crippen molar-refractivity contribution >= 4 is 17.9 Å². The number of esters is 3. The van der Waals surface area contributed by atoms with Crippen LogP contribution in [-0.2, 0) is 28.6 Å². The molecule has 0 aromatic carbocycles. The number of carbonyl (C=O) groups is 3. The van der Waals surface area contributed by atoms with Crippen LogP contribution in [0.25, 0.3) is 0 Å². The number of rotatable bonds is 46. The van der Waals surface area contributed by atoms with E-state index in [1.807, 2.05) is 0 Å². The molecule has 0 radical (unpaired) electrons. The molecule has 0 amide bonds. The summed E-state index contributed by atoms with van der Waals surface area (Å²) in [7, 11) is 0. The van der Waals surface area contributed by atoms with Crippen molar-refractivity contribution in [1.82, 2.24) is 0 Å². The first kappa shape index (κ1) is 55.4. The molecule has 338 valence electrons. The molecule has 0 fully saturated rings. The van der Waals surface area contributed by atoms with E-state index in [0.717, 1.165) is 63.7 Å². The zero-order chi connectivity index (χ0) is 41.7. The predicted octanol–water partition coefficient (Wildman–Crippen LogP) is 16.3. The minimum Gasteiger partial charge on any atom is -0.462 e. The predicted molar refractivity (Wildman–Crippen MR) is 243 cm³/mol. The lowest BCUT2D eigenvalue weighted by Crippen LogP contribution is -2.30. The SMILES string of the molecule is CCCCCCCCCCCCCCCCCCC(=O)OC[C@H](COC(=O)CCCCCCCCC(C)C)OC(=O)CCCCCCCCCCCCCCCC. The van der Waals surface area contributed by atoms with Crippen LogP contribution in [0.15, 0.2) is 0 Å². The van der Waals surface area contributed by atoms with Crippen LogP contribution in [0.3, 0.4) is 0 Å². The summed E-state index contributed by atoms with van der Waals surface area (Å²) < 4.78 is 16.8. The van der Waals surface area contributed by atoms with Crippen LogP contribution in [0.1, 0.15) is 285 Å². The molecule has 0 rings (SSSR count). The van der Waals surface area contributed by atoms with Gasteiger partial charge in [0.05, 0.1) is 0 Å². The smallest absolute Gasteiger partial charge is 0.306 e. The third kappa shape index (κ3) is 45.3. The van der Waals surface area contributed by atoms with Gasteiger partial charge in [-0.1, -0.05) is 246 Å². The number of ether oxygens (including phenoxy) is 3. The lowest BCUT2D eigenvalue weighted by atomic mass is 10.0. The van der Waals surface area contributed by atoms with Gasteiger partial charge in [0.1, 0.15) is 13.2 Å². The van der Waals surface area contributed by atoms with E-state index in [4.69, 9.17) is 14.2 Å². The summed E-state index contributed by atoms with van der Waals surface area (Å²) in [6, 6.07) is 0. The highest BCUT2D eigenvalue weighted by atomic mass is 16.6. The van der Waals surface area contributed by atoms with Crippen molar-refractivity contribution in [1.29, 1.82) is 0 Å². The summed E-state index contributed by atoms with van der Waals surface area (Å²) in [4.78, 5) is 37.8. The molecule has 0 unspecified atom stereocenters. The van der Waals surface area contributed by atoms with Crippen LogP contribution in [0, 0.1) is 5.92 Å². The fourth-order valence-corrected chi connectivity index (χ4v) is 7.69. The quantitative estimate of drug-likeness (QED) is 0.0346. The van der Waals surface area contributed by atoms with Crippen molar-refractivity contribution in [3.05, 3.63) is 0 Å². The maximum Gasteiger partial charge on any atom is 0.306 e. The Labute approximate surface area is 355 Å². The molecule has 0 bridgehead atoms. The van der Waals surface area contributed by atoms with Crippen LogP contribution >= 0.6 is 0 Å². The largest absolute Gasteiger partial charge is 0.462 e. The summed E-state index contributed by atoms with van der Waals surface area (Å²) in [5, 5.41) is 0. The zero-order valence-corrected chi connectivity index (χ0v) is 38.8. The maximum absolute atomic E-state index is 12.8. The van der Waals surface area contributed by atoms with E-state index in [-0.39, 0.29) is 31.1 Å². The van der Waals surface area contributed by atoms with E-state index in [0.29, 0.717) is 19.3 Å². The van der Waals surface area contributed by atoms with E-state index >= 15 is 0 Å². The monoisotopic (exact) mass is 807 g/mol. The lowest BCUT2D eigenvalue weighted by Gasteiger charge is -2.18. The van der Waals surface area contributed by atoms with Crippen LogP contribution in [0.5, 0.6) is 0 Å². The van der Waals surface area contributed by atoms with Crippen molar-refractivity contribution < 1.29 is 28.6 Å². The molecule has 0 N–H and O–H groups in total. The highest BCUT2D eigenvalue weighted by Gasteiger charge is 2.19. The molecule has 0 aliphatic heterocycles. The van der Waals surface area contributed by atoms with Gasteiger partial charge in [0.15, 0.2) is 6.10 Å². The number of hydrogen-bond donors (Lipinski definition) is 0. The van der Waals surface area contributed by atoms with Gasteiger partial charge in [0, 0.05) is 19.3 Å². The summed E-state index contributed by atoms with van der Waals surface area (Å²) in [5.41, 5.74) is 0. The van der Waals surface area contributed by atoms with E-state index in [1.165, 1.54) is 180 Å². The van der Waals surface area contributed by atoms with Gasteiger partial charge in [-0.3, -0.25) is 14.4 Å². The summed E-state index contributed by atoms with van der Waals surface area (Å²) in [5.74, 6) is -0.0872. The van der Waals surface area contributed by atoms with Gasteiger partial charge in [0.2, 0.25) is 0 Å². The van der Waals surface area contributed by atoms with Crippen molar-refractivity contribution in [2.45, 2.75) is 291 Å². The van der Waals surface area contributed by atoms with Crippen LogP contribution in [-0.4, -0.2) is 37.2 Å². The molecule has 0 spiro atoms. The van der Waals surface area contributed by atoms with E-state index in [9.17, 15) is 14.4 Å². The fourth-order valence-electron chi connectivity index (χ4n) is 7.69. The van der Waals surface area contributed by atoms with E-state index in [1.54, 1.807) is 0 Å². The van der Waals surface area contributed by atoms with Gasteiger partial charge in [-0.2, -0.15) is 0 Å². The molecule has 6 heteroatoms. The van der Waals surface area contributed by atoms with Crippen molar-refractivity contribution in [2.24, 2.45) is 5.92 Å². The van der Waals surface area contributed by atoms with Gasteiger partial charge < -0.3 is 14.2 Å². The van der Waals surface area contributed by atoms with Crippen molar-refractivity contribution in [3.8, 4) is 0 Å². The van der Waals surface area contributed by atoms with Gasteiger partial charge in [-0.25, -0.2) is 0 Å². The van der Waals surface area contributed by atoms with Crippen molar-refractivity contribution in [2.75, 3.05) is 13.2 Å². The number of hydrogen-bond acceptors (Lipinski definition) is 6. The maximum atomic E-state index is 12.8. The highest BCUT2D eigenvalue weighted by Crippen LogP contribution is 2.17. The fraction of sp³-hybridized carbons (Fsp3) is 0.941. The van der Waals surface area contributed by atoms with E-state index < -0.39 is 6.10 Å². The normalized spacial score (nSPS) is 11.9. The molecule has 0 aromatic heterocycles. The molecule has 1 atom stereocenters. The Morgan fingerprint density at radius 2 is 0.579 bits per heavy atom. The first-order valence-corrected chi connectivity index (χ1v) is 25.4. The third-order valence-corrected chi connectivity index (χ3v) is 11.5. The topological polar surface area (TPSA) is 78.9 Å². The molecule has 0 saturated carbocycles. The Balaban J connectivity index is 4.26. The molecule has 0 aromatic rings. The summed E-state index contributed by atoms with van der Waals surface area (Å²) in [6.45, 7) is 8.95. The van der Waals surface area contributed by atoms with Crippen LogP contribution < -0.4 is 0 Å². The Hall–Kier alpha value is -1.59. The average molecular weight is 807 g/mol. The lowest BCUT2D eigenvalue weighted by molar-refractivity contribution is -0.167. The molecule has 0 saturated heterocycles. The van der Waals surface area contributed by atoms with Gasteiger partial charge in [-0.05, 0) is 25.2 Å². The number of unbranched alkanes of at least 4 members (excludes halogenated alkanes) is 33. The van der Waals surface area contributed by atoms with Crippen molar-refractivity contribution in [3.63, 3.8) is 0 Å². The molecule has 6 nitrogen and oxygen atoms in total. The number of carbonyl (C=O) groups excluding carboxylic acids is 3. The second-order valence-corrected chi connectivity index (χ2v) is 17.9. The molecule has 0 aliphatic rings. The highest BCUT2D eigenvalue weighted by molar-refractivity contribution is 5.71. The second-order valence-electron chi connectivity index (χ2n) is 17.9. The average Bonchev–Trinajstić information content (AvgIpc) is 3.19. The second kappa shape index (κ2) is 45.5. The van der Waals surface area contributed by atoms with E-state index in [2.05, 4.69) is 27.7 Å². The minimum absolute atomic E-state index is 0.0637. The zero-order valence-electron chi connectivity index (χ0n) is 38.8. The molecular formula is C51H98O6. The van der Waals surface area contributed by atoms with Crippen LogP contribution in [0.2, 0.25) is 0 Å². The van der Waals surface area contributed by atoms with Crippen LogP contribution in [0.4, 0.5) is 0 Å². The standard InChI is InChI=1S/C51H98O6/c1-5-7-9-11-13-15-17-19-21-22-24-25-27-29-34-38-42-49(52)55-45-48(46-56-50(53)43-39-35-32-31-33-37-41-47(3)4)57-51(54)44-40-36-30-28-26-23-20-18-16-14-12-10-8-6-2/h47-48H,5-46H2,1-4H3/t48-/m1/s1. The van der Waals surface area contributed by atoms with Gasteiger partial charge in [-0.15, -0.1) is 0 Å². The summed E-state index contributed by atoms with van der Waals surface area (Å²) >= 11 is 0. The first-order valence-electron chi connectivity index (χ1n) is 25.4.